The molecular weight excluding hydrogens is 310 g/mol. The Bertz CT molecular complexity index is 311. The number of carbonyl (C=O) groups excluding carboxylic acids is 2. The highest BCUT2D eigenvalue weighted by molar-refractivity contribution is 6.71. The molecule has 0 aliphatic rings. The second-order valence-corrected chi connectivity index (χ2v) is 11.0. The maximum Gasteiger partial charge on any atom is 0.293 e. The molecule has 0 aromatic heterocycles. The normalized spacial score (nSPS) is 11.3. The van der Waals surface area contributed by atoms with Crippen LogP contribution in [0.3, 0.4) is 0 Å². The van der Waals surface area contributed by atoms with Gasteiger partial charge in [-0.3, -0.25) is 9.59 Å². The van der Waals surface area contributed by atoms with Gasteiger partial charge in [0.05, 0.1) is 6.54 Å². The highest BCUT2D eigenvalue weighted by atomic mass is 28.4. The van der Waals surface area contributed by atoms with Gasteiger partial charge in [-0.25, -0.2) is 0 Å². The zero-order valence-electron chi connectivity index (χ0n) is 15.2. The van der Waals surface area contributed by atoms with E-state index in [4.69, 9.17) is 4.43 Å². The fraction of sp³-hybridized carbons (Fsp3) is 0.882. The largest absolute Gasteiger partial charge is 0.466 e. The summed E-state index contributed by atoms with van der Waals surface area (Å²) in [5.41, 5.74) is 0. The van der Waals surface area contributed by atoms with E-state index in [1.807, 2.05) is 7.11 Å². The van der Waals surface area contributed by atoms with Gasteiger partial charge in [-0.1, -0.05) is 44.9 Å². The van der Waals surface area contributed by atoms with Gasteiger partial charge in [0, 0.05) is 13.5 Å². The number of ether oxygens (including phenoxy) is 1. The molecule has 0 saturated heterocycles. The number of unbranched alkanes of at least 4 members (excludes halogenated alkanes) is 7. The van der Waals surface area contributed by atoms with Crippen LogP contribution < -0.4 is 5.32 Å². The second-order valence-electron chi connectivity index (χ2n) is 6.61. The molecule has 1 N–H and O–H groups in total. The molecule has 0 unspecified atom stereocenters. The van der Waals surface area contributed by atoms with Gasteiger partial charge >= 0.3 is 0 Å². The predicted molar refractivity (Wildman–Crippen MR) is 95.9 cm³/mol. The number of amides is 1. The smallest absolute Gasteiger partial charge is 0.293 e. The molecule has 0 aromatic carbocycles. The molecule has 0 aliphatic carbocycles. The van der Waals surface area contributed by atoms with Crippen molar-refractivity contribution in [2.24, 2.45) is 0 Å². The molecule has 0 rings (SSSR count). The van der Waals surface area contributed by atoms with E-state index in [1.54, 1.807) is 0 Å². The first kappa shape index (κ1) is 22.1. The number of hydrogen-bond donors (Lipinski definition) is 1. The van der Waals surface area contributed by atoms with E-state index < -0.39 is 8.32 Å². The van der Waals surface area contributed by atoms with Gasteiger partial charge in [-0.05, 0) is 25.6 Å². The third-order valence-electron chi connectivity index (χ3n) is 4.10. The third-order valence-corrected chi connectivity index (χ3v) is 6.76. The standard InChI is InChI=1S/C17H35NO4Si/c1-21-23(2,3)15-11-9-7-5-4-6-8-10-12-17(20)18-13-14-22-16-19/h16H,4-15H2,1-3H3,(H,18,20). The Hall–Kier alpha value is -0.883. The van der Waals surface area contributed by atoms with Crippen molar-refractivity contribution in [2.75, 3.05) is 20.3 Å². The van der Waals surface area contributed by atoms with Gasteiger partial charge < -0.3 is 14.5 Å². The summed E-state index contributed by atoms with van der Waals surface area (Å²) in [5.74, 6) is 0.0458. The van der Waals surface area contributed by atoms with Crippen molar-refractivity contribution in [1.82, 2.24) is 5.32 Å². The van der Waals surface area contributed by atoms with E-state index in [0.717, 1.165) is 12.8 Å². The number of hydrogen-bond acceptors (Lipinski definition) is 4. The van der Waals surface area contributed by atoms with Gasteiger partial charge in [0.15, 0.2) is 8.32 Å². The molecule has 0 heterocycles. The van der Waals surface area contributed by atoms with Crippen molar-refractivity contribution in [3.05, 3.63) is 0 Å². The molecule has 6 heteroatoms. The van der Waals surface area contributed by atoms with Gasteiger partial charge in [0.25, 0.3) is 6.47 Å². The zero-order valence-corrected chi connectivity index (χ0v) is 16.2. The van der Waals surface area contributed by atoms with Crippen LogP contribution in [-0.4, -0.2) is 41.0 Å². The minimum Gasteiger partial charge on any atom is -0.466 e. The minimum atomic E-state index is -1.35. The lowest BCUT2D eigenvalue weighted by atomic mass is 10.1. The summed E-state index contributed by atoms with van der Waals surface area (Å²) in [7, 11) is 0.487. The molecular formula is C17H35NO4Si. The summed E-state index contributed by atoms with van der Waals surface area (Å²) in [6, 6.07) is 1.26. The van der Waals surface area contributed by atoms with Gasteiger partial charge in [-0.2, -0.15) is 0 Å². The molecule has 23 heavy (non-hydrogen) atoms. The fourth-order valence-corrected chi connectivity index (χ4v) is 3.69. The first-order chi connectivity index (χ1) is 11.0. The topological polar surface area (TPSA) is 64.6 Å². The zero-order chi connectivity index (χ0) is 17.4. The van der Waals surface area contributed by atoms with Crippen LogP contribution in [0.2, 0.25) is 19.1 Å². The fourth-order valence-electron chi connectivity index (χ4n) is 2.38. The van der Waals surface area contributed by atoms with Crippen molar-refractivity contribution in [1.29, 1.82) is 0 Å². The van der Waals surface area contributed by atoms with Crippen molar-refractivity contribution in [2.45, 2.75) is 76.9 Å². The SMILES string of the molecule is CO[Si](C)(C)CCCCCCCCCCC(=O)NCCOC=O. The van der Waals surface area contributed by atoms with Crippen LogP contribution in [0.1, 0.15) is 57.8 Å². The molecule has 0 spiro atoms. The molecule has 0 fully saturated rings. The highest BCUT2D eigenvalue weighted by Crippen LogP contribution is 2.16. The van der Waals surface area contributed by atoms with Crippen LogP contribution in [-0.2, 0) is 18.8 Å². The van der Waals surface area contributed by atoms with Gasteiger partial charge in [0.2, 0.25) is 5.91 Å². The van der Waals surface area contributed by atoms with Crippen LogP contribution in [0.5, 0.6) is 0 Å². The Morgan fingerprint density at radius 3 is 2.13 bits per heavy atom. The maximum atomic E-state index is 11.5. The van der Waals surface area contributed by atoms with Crippen molar-refractivity contribution < 1.29 is 18.8 Å². The quantitative estimate of drug-likeness (QED) is 0.263. The molecule has 0 aliphatic heterocycles. The summed E-state index contributed by atoms with van der Waals surface area (Å²) in [5, 5.41) is 2.73. The van der Waals surface area contributed by atoms with Crippen molar-refractivity contribution in [3.8, 4) is 0 Å². The van der Waals surface area contributed by atoms with E-state index in [0.29, 0.717) is 19.4 Å². The minimum absolute atomic E-state index is 0.0458. The number of carbonyl (C=O) groups is 2. The summed E-state index contributed by atoms with van der Waals surface area (Å²) in [4.78, 5) is 21.4. The molecule has 0 aromatic rings. The Balaban J connectivity index is 3.24. The Morgan fingerprint density at radius 2 is 1.57 bits per heavy atom. The summed E-state index contributed by atoms with van der Waals surface area (Å²) < 4.78 is 10.1. The van der Waals surface area contributed by atoms with Crippen LogP contribution >= 0.6 is 0 Å². The lowest BCUT2D eigenvalue weighted by Gasteiger charge is -2.19. The maximum absolute atomic E-state index is 11.5. The van der Waals surface area contributed by atoms with E-state index in [2.05, 4.69) is 23.1 Å². The van der Waals surface area contributed by atoms with E-state index >= 15 is 0 Å². The predicted octanol–water partition coefficient (Wildman–Crippen LogP) is 3.64. The average Bonchev–Trinajstić information content (AvgIpc) is 2.53. The summed E-state index contributed by atoms with van der Waals surface area (Å²) >= 11 is 0. The first-order valence-corrected chi connectivity index (χ1v) is 12.0. The van der Waals surface area contributed by atoms with Gasteiger partial charge in [-0.15, -0.1) is 0 Å². The first-order valence-electron chi connectivity index (χ1n) is 8.89. The van der Waals surface area contributed by atoms with E-state index in [9.17, 15) is 9.59 Å². The Kier molecular flexibility index (Phi) is 14.1. The van der Waals surface area contributed by atoms with E-state index in [-0.39, 0.29) is 12.5 Å². The third kappa shape index (κ3) is 15.8. The Labute approximate surface area is 142 Å². The number of nitrogens with one attached hydrogen (secondary N) is 1. The van der Waals surface area contributed by atoms with Crippen LogP contribution in [0.15, 0.2) is 0 Å². The molecule has 0 bridgehead atoms. The molecule has 5 nitrogen and oxygen atoms in total. The lowest BCUT2D eigenvalue weighted by Crippen LogP contribution is -2.27. The molecule has 136 valence electrons. The monoisotopic (exact) mass is 345 g/mol. The lowest BCUT2D eigenvalue weighted by molar-refractivity contribution is -0.129. The molecule has 0 saturated carbocycles. The Morgan fingerprint density at radius 1 is 1.00 bits per heavy atom. The van der Waals surface area contributed by atoms with Crippen molar-refractivity contribution >= 4 is 20.7 Å². The molecule has 1 amide bonds. The average molecular weight is 346 g/mol. The van der Waals surface area contributed by atoms with Crippen LogP contribution in [0.4, 0.5) is 0 Å². The number of rotatable bonds is 16. The van der Waals surface area contributed by atoms with Crippen molar-refractivity contribution in [3.63, 3.8) is 0 Å². The summed E-state index contributed by atoms with van der Waals surface area (Å²) in [6.45, 7) is 5.60. The highest BCUT2D eigenvalue weighted by Gasteiger charge is 2.18. The summed E-state index contributed by atoms with van der Waals surface area (Å²) in [6.07, 6.45) is 10.3. The second kappa shape index (κ2) is 14.7. The van der Waals surface area contributed by atoms with E-state index in [1.165, 1.54) is 44.6 Å². The van der Waals surface area contributed by atoms with Gasteiger partial charge in [0.1, 0.15) is 6.61 Å². The molecule has 0 radical (unpaired) electrons. The van der Waals surface area contributed by atoms with Crippen LogP contribution in [0.25, 0.3) is 0 Å². The molecule has 0 atom stereocenters. The van der Waals surface area contributed by atoms with Crippen LogP contribution in [0, 0.1) is 0 Å².